The van der Waals surface area contributed by atoms with E-state index in [1.54, 1.807) is 24.7 Å². The van der Waals surface area contributed by atoms with Crippen molar-refractivity contribution in [1.82, 2.24) is 9.55 Å². The average Bonchev–Trinajstić information content (AvgIpc) is 3.05. The molecule has 1 aromatic carbocycles. The summed E-state index contributed by atoms with van der Waals surface area (Å²) in [5.74, 6) is 1.39. The molecular weight excluding hydrogens is 244 g/mol. The van der Waals surface area contributed by atoms with Gasteiger partial charge < -0.3 is 14.0 Å². The number of hydrogen-bond acceptors (Lipinski definition) is 4. The highest BCUT2D eigenvalue weighted by molar-refractivity contribution is 6.02. The highest BCUT2D eigenvalue weighted by Crippen LogP contribution is 2.29. The van der Waals surface area contributed by atoms with Crippen LogP contribution in [0.25, 0.3) is 0 Å². The molecular formula is C14H14N2O3. The van der Waals surface area contributed by atoms with Crippen molar-refractivity contribution >= 4 is 5.78 Å². The maximum Gasteiger partial charge on any atom is 0.203 e. The highest BCUT2D eigenvalue weighted by Gasteiger charge is 2.21. The smallest absolute Gasteiger partial charge is 0.203 e. The third-order valence-corrected chi connectivity index (χ3v) is 3.00. The molecule has 0 N–H and O–H groups in total. The lowest BCUT2D eigenvalue weighted by Gasteiger charge is -2.07. The van der Waals surface area contributed by atoms with Crippen LogP contribution in [0.2, 0.25) is 0 Å². The number of hydrogen-bond donors (Lipinski definition) is 0. The second-order valence-corrected chi connectivity index (χ2v) is 4.37. The summed E-state index contributed by atoms with van der Waals surface area (Å²) in [6.45, 7) is 1.63. The Balaban J connectivity index is 1.52. The predicted octanol–water partition coefficient (Wildman–Crippen LogP) is 1.93. The maximum absolute atomic E-state index is 11.4. The Labute approximate surface area is 110 Å². The van der Waals surface area contributed by atoms with E-state index in [4.69, 9.17) is 9.47 Å². The fourth-order valence-electron chi connectivity index (χ4n) is 2.02. The van der Waals surface area contributed by atoms with Crippen molar-refractivity contribution in [2.75, 3.05) is 13.2 Å². The lowest BCUT2D eigenvalue weighted by Crippen LogP contribution is -2.03. The number of fused-ring (bicyclic) bond motifs is 1. The second kappa shape index (κ2) is 5.14. The molecule has 2 aromatic rings. The van der Waals surface area contributed by atoms with E-state index in [-0.39, 0.29) is 12.4 Å². The van der Waals surface area contributed by atoms with Crippen LogP contribution in [-0.2, 0) is 6.54 Å². The van der Waals surface area contributed by atoms with Gasteiger partial charge in [-0.15, -0.1) is 0 Å². The van der Waals surface area contributed by atoms with Crippen molar-refractivity contribution in [3.05, 3.63) is 42.5 Å². The third-order valence-electron chi connectivity index (χ3n) is 3.00. The topological polar surface area (TPSA) is 53.4 Å². The lowest BCUT2D eigenvalue weighted by atomic mass is 10.1. The maximum atomic E-state index is 11.4. The van der Waals surface area contributed by atoms with Gasteiger partial charge in [0.2, 0.25) is 5.78 Å². The standard InChI is InChI=1S/C14H14N2O3/c17-13-9-19-14-8-11(2-3-12(13)14)18-7-1-5-16-6-4-15-10-16/h2-4,6,8,10H,1,5,7,9H2. The largest absolute Gasteiger partial charge is 0.493 e. The van der Waals surface area contributed by atoms with Crippen LogP contribution < -0.4 is 9.47 Å². The van der Waals surface area contributed by atoms with Gasteiger partial charge in [-0.25, -0.2) is 4.98 Å². The quantitative estimate of drug-likeness (QED) is 0.769. The molecule has 0 atom stereocenters. The van der Waals surface area contributed by atoms with Crippen LogP contribution in [0.4, 0.5) is 0 Å². The molecule has 0 spiro atoms. The molecule has 98 valence electrons. The van der Waals surface area contributed by atoms with Crippen molar-refractivity contribution in [3.63, 3.8) is 0 Å². The van der Waals surface area contributed by atoms with Crippen molar-refractivity contribution in [1.29, 1.82) is 0 Å². The SMILES string of the molecule is O=C1COc2cc(OCCCn3ccnc3)ccc21. The number of ketones is 1. The summed E-state index contributed by atoms with van der Waals surface area (Å²) in [6, 6.07) is 5.34. The second-order valence-electron chi connectivity index (χ2n) is 4.37. The fourth-order valence-corrected chi connectivity index (χ4v) is 2.02. The number of nitrogens with zero attached hydrogens (tertiary/aromatic N) is 2. The van der Waals surface area contributed by atoms with Gasteiger partial charge in [-0.05, 0) is 18.6 Å². The van der Waals surface area contributed by atoms with Crippen molar-refractivity contribution in [2.24, 2.45) is 0 Å². The molecule has 19 heavy (non-hydrogen) atoms. The Morgan fingerprint density at radius 3 is 3.21 bits per heavy atom. The van der Waals surface area contributed by atoms with Gasteiger partial charge in [0.1, 0.15) is 11.5 Å². The first-order valence-electron chi connectivity index (χ1n) is 6.21. The van der Waals surface area contributed by atoms with E-state index in [1.807, 2.05) is 16.8 Å². The van der Waals surface area contributed by atoms with Gasteiger partial charge in [0.25, 0.3) is 0 Å². The Morgan fingerprint density at radius 1 is 1.42 bits per heavy atom. The molecule has 1 aliphatic rings. The molecule has 5 heteroatoms. The van der Waals surface area contributed by atoms with Crippen LogP contribution in [0.3, 0.4) is 0 Å². The summed E-state index contributed by atoms with van der Waals surface area (Å²) in [5, 5.41) is 0. The first-order valence-corrected chi connectivity index (χ1v) is 6.21. The van der Waals surface area contributed by atoms with Crippen LogP contribution >= 0.6 is 0 Å². The molecule has 0 unspecified atom stereocenters. The van der Waals surface area contributed by atoms with E-state index in [0.717, 1.165) is 18.7 Å². The van der Waals surface area contributed by atoms with Crippen molar-refractivity contribution in [3.8, 4) is 11.5 Å². The van der Waals surface area contributed by atoms with Gasteiger partial charge >= 0.3 is 0 Å². The van der Waals surface area contributed by atoms with Gasteiger partial charge in [0.15, 0.2) is 6.61 Å². The van der Waals surface area contributed by atoms with Gasteiger partial charge in [0, 0.05) is 25.0 Å². The number of rotatable bonds is 5. The predicted molar refractivity (Wildman–Crippen MR) is 68.6 cm³/mol. The minimum Gasteiger partial charge on any atom is -0.493 e. The van der Waals surface area contributed by atoms with Gasteiger partial charge in [0.05, 0.1) is 18.5 Å². The summed E-state index contributed by atoms with van der Waals surface area (Å²) < 4.78 is 12.9. The number of aromatic nitrogens is 2. The summed E-state index contributed by atoms with van der Waals surface area (Å²) in [5.41, 5.74) is 0.644. The molecule has 0 saturated heterocycles. The molecule has 3 rings (SSSR count). The van der Waals surface area contributed by atoms with Crippen LogP contribution in [-0.4, -0.2) is 28.5 Å². The zero-order valence-corrected chi connectivity index (χ0v) is 10.4. The average molecular weight is 258 g/mol. The van der Waals surface area contributed by atoms with Gasteiger partial charge in [-0.3, -0.25) is 4.79 Å². The van der Waals surface area contributed by atoms with Gasteiger partial charge in [-0.1, -0.05) is 0 Å². The summed E-state index contributed by atoms with van der Waals surface area (Å²) in [7, 11) is 0. The minimum absolute atomic E-state index is 0.0293. The highest BCUT2D eigenvalue weighted by atomic mass is 16.5. The normalized spacial score (nSPS) is 13.2. The van der Waals surface area contributed by atoms with E-state index in [9.17, 15) is 4.79 Å². The molecule has 1 aromatic heterocycles. The monoisotopic (exact) mass is 258 g/mol. The molecule has 0 amide bonds. The minimum atomic E-state index is 0.0293. The van der Waals surface area contributed by atoms with E-state index < -0.39 is 0 Å². The first-order chi connectivity index (χ1) is 9.33. The van der Waals surface area contributed by atoms with E-state index in [2.05, 4.69) is 4.98 Å². The molecule has 0 aliphatic carbocycles. The number of imidazole rings is 1. The molecule has 5 nitrogen and oxygen atoms in total. The van der Waals surface area contributed by atoms with Crippen molar-refractivity contribution in [2.45, 2.75) is 13.0 Å². The molecule has 0 fully saturated rings. The van der Waals surface area contributed by atoms with E-state index in [1.165, 1.54) is 0 Å². The Morgan fingerprint density at radius 2 is 2.37 bits per heavy atom. The van der Waals surface area contributed by atoms with Crippen LogP contribution in [0.5, 0.6) is 11.5 Å². The molecule has 1 aliphatic heterocycles. The first kappa shape index (κ1) is 11.8. The number of carbonyl (C=O) groups is 1. The molecule has 0 radical (unpaired) electrons. The Bertz CT molecular complexity index is 578. The summed E-state index contributed by atoms with van der Waals surface area (Å²) >= 11 is 0. The van der Waals surface area contributed by atoms with Gasteiger partial charge in [-0.2, -0.15) is 0 Å². The van der Waals surface area contributed by atoms with E-state index >= 15 is 0 Å². The number of carbonyl (C=O) groups excluding carboxylic acids is 1. The lowest BCUT2D eigenvalue weighted by molar-refractivity contribution is 0.0961. The Hall–Kier alpha value is -2.30. The number of ether oxygens (including phenoxy) is 2. The Kier molecular flexibility index (Phi) is 3.18. The number of benzene rings is 1. The van der Waals surface area contributed by atoms with Crippen molar-refractivity contribution < 1.29 is 14.3 Å². The molecule has 0 bridgehead atoms. The van der Waals surface area contributed by atoms with Crippen LogP contribution in [0.1, 0.15) is 16.8 Å². The zero-order chi connectivity index (χ0) is 13.1. The van der Waals surface area contributed by atoms with Crippen LogP contribution in [0, 0.1) is 0 Å². The summed E-state index contributed by atoms with van der Waals surface area (Å²) in [4.78, 5) is 15.4. The number of aryl methyl sites for hydroxylation is 1. The third kappa shape index (κ3) is 2.59. The summed E-state index contributed by atoms with van der Waals surface area (Å²) in [6.07, 6.45) is 6.37. The number of Topliss-reactive ketones (excluding diaryl/α,β-unsaturated/α-hetero) is 1. The molecule has 2 heterocycles. The van der Waals surface area contributed by atoms with Crippen LogP contribution in [0.15, 0.2) is 36.9 Å². The zero-order valence-electron chi connectivity index (χ0n) is 10.4. The molecule has 0 saturated carbocycles. The fraction of sp³-hybridized carbons (Fsp3) is 0.286. The van der Waals surface area contributed by atoms with E-state index in [0.29, 0.717) is 17.9 Å².